The molecule has 0 radical (unpaired) electrons. The molecule has 19 heavy (non-hydrogen) atoms. The van der Waals surface area contributed by atoms with Gasteiger partial charge in [0.15, 0.2) is 5.60 Å². The molecule has 96 valence electrons. The molecule has 0 fully saturated rings. The molecule has 0 bridgehead atoms. The van der Waals surface area contributed by atoms with Crippen molar-refractivity contribution in [2.45, 2.75) is 25.4 Å². The number of oxime groups is 1. The van der Waals surface area contributed by atoms with Crippen molar-refractivity contribution >= 4 is 5.71 Å². The Morgan fingerprint density at radius 2 is 1.63 bits per heavy atom. The van der Waals surface area contributed by atoms with Gasteiger partial charge in [0, 0.05) is 6.42 Å². The van der Waals surface area contributed by atoms with Crippen LogP contribution in [0, 0.1) is 0 Å². The van der Waals surface area contributed by atoms with Gasteiger partial charge in [-0.15, -0.1) is 0 Å². The molecule has 1 atom stereocenters. The van der Waals surface area contributed by atoms with Crippen LogP contribution in [0.15, 0.2) is 65.8 Å². The third kappa shape index (κ3) is 2.14. The average molecular weight is 251 g/mol. The van der Waals surface area contributed by atoms with Crippen molar-refractivity contribution in [3.8, 4) is 0 Å². The Balaban J connectivity index is 1.90. The van der Waals surface area contributed by atoms with Gasteiger partial charge in [0.2, 0.25) is 0 Å². The molecule has 0 saturated heterocycles. The average Bonchev–Trinajstić information content (AvgIpc) is 2.95. The van der Waals surface area contributed by atoms with E-state index in [4.69, 9.17) is 4.84 Å². The maximum absolute atomic E-state index is 5.83. The quantitative estimate of drug-likeness (QED) is 0.804. The second kappa shape index (κ2) is 4.88. The van der Waals surface area contributed by atoms with Crippen molar-refractivity contribution in [1.82, 2.24) is 0 Å². The number of rotatable bonds is 3. The third-order valence-corrected chi connectivity index (χ3v) is 3.76. The van der Waals surface area contributed by atoms with Gasteiger partial charge in [-0.1, -0.05) is 72.7 Å². The van der Waals surface area contributed by atoms with Crippen molar-refractivity contribution in [1.29, 1.82) is 0 Å². The van der Waals surface area contributed by atoms with E-state index >= 15 is 0 Å². The van der Waals surface area contributed by atoms with Gasteiger partial charge in [-0.05, 0) is 17.5 Å². The fourth-order valence-corrected chi connectivity index (χ4v) is 2.55. The Bertz CT molecular complexity index is 577. The van der Waals surface area contributed by atoms with Crippen LogP contribution in [0.3, 0.4) is 0 Å². The van der Waals surface area contributed by atoms with Crippen LogP contribution in [0.2, 0.25) is 0 Å². The van der Waals surface area contributed by atoms with Crippen molar-refractivity contribution in [2.75, 3.05) is 0 Å². The Morgan fingerprint density at radius 3 is 2.26 bits per heavy atom. The zero-order chi connectivity index (χ0) is 13.1. The molecule has 0 saturated carbocycles. The maximum Gasteiger partial charge on any atom is 0.168 e. The second-order valence-corrected chi connectivity index (χ2v) is 4.89. The molecule has 2 aromatic rings. The molecule has 1 aliphatic rings. The van der Waals surface area contributed by atoms with Gasteiger partial charge in [0.1, 0.15) is 0 Å². The highest BCUT2D eigenvalue weighted by Crippen LogP contribution is 2.39. The van der Waals surface area contributed by atoms with Gasteiger partial charge in [0.05, 0.1) is 5.71 Å². The van der Waals surface area contributed by atoms with Gasteiger partial charge in [-0.2, -0.15) is 0 Å². The van der Waals surface area contributed by atoms with Crippen molar-refractivity contribution in [3.05, 3.63) is 71.8 Å². The van der Waals surface area contributed by atoms with E-state index in [0.29, 0.717) is 0 Å². The van der Waals surface area contributed by atoms with Crippen LogP contribution in [0.4, 0.5) is 0 Å². The molecule has 2 aromatic carbocycles. The van der Waals surface area contributed by atoms with Crippen LogP contribution in [0.25, 0.3) is 0 Å². The Hall–Kier alpha value is -2.09. The first kappa shape index (κ1) is 12.0. The van der Waals surface area contributed by atoms with Crippen molar-refractivity contribution < 1.29 is 4.84 Å². The largest absolute Gasteiger partial charge is 0.384 e. The van der Waals surface area contributed by atoms with Crippen molar-refractivity contribution in [2.24, 2.45) is 5.16 Å². The normalized spacial score (nSPS) is 21.8. The van der Waals surface area contributed by atoms with Gasteiger partial charge >= 0.3 is 0 Å². The molecular formula is C17H17NO. The monoisotopic (exact) mass is 251 g/mol. The zero-order valence-corrected chi connectivity index (χ0v) is 11.0. The highest BCUT2D eigenvalue weighted by molar-refractivity contribution is 6.01. The fourth-order valence-electron chi connectivity index (χ4n) is 2.55. The predicted molar refractivity (Wildman–Crippen MR) is 77.1 cm³/mol. The fraction of sp³-hybridized carbons (Fsp3) is 0.235. The molecule has 0 N–H and O–H groups in total. The molecule has 1 aliphatic heterocycles. The van der Waals surface area contributed by atoms with E-state index in [1.807, 2.05) is 24.3 Å². The first-order valence-electron chi connectivity index (χ1n) is 6.70. The summed E-state index contributed by atoms with van der Waals surface area (Å²) >= 11 is 0. The lowest BCUT2D eigenvalue weighted by molar-refractivity contribution is -0.0263. The van der Waals surface area contributed by atoms with E-state index in [-0.39, 0.29) is 5.60 Å². The second-order valence-electron chi connectivity index (χ2n) is 4.89. The van der Waals surface area contributed by atoms with Crippen LogP contribution in [-0.4, -0.2) is 5.71 Å². The summed E-state index contributed by atoms with van der Waals surface area (Å²) in [5.74, 6) is 0. The van der Waals surface area contributed by atoms with E-state index in [1.54, 1.807) is 0 Å². The van der Waals surface area contributed by atoms with Gasteiger partial charge in [-0.3, -0.25) is 0 Å². The lowest BCUT2D eigenvalue weighted by Gasteiger charge is -2.25. The summed E-state index contributed by atoms with van der Waals surface area (Å²) < 4.78 is 0. The zero-order valence-electron chi connectivity index (χ0n) is 11.0. The Morgan fingerprint density at radius 1 is 1.00 bits per heavy atom. The summed E-state index contributed by atoms with van der Waals surface area (Å²) in [4.78, 5) is 5.83. The van der Waals surface area contributed by atoms with E-state index in [9.17, 15) is 0 Å². The molecule has 0 amide bonds. The maximum atomic E-state index is 5.83. The van der Waals surface area contributed by atoms with Crippen LogP contribution in [-0.2, 0) is 10.4 Å². The van der Waals surface area contributed by atoms with E-state index in [1.165, 1.54) is 5.56 Å². The summed E-state index contributed by atoms with van der Waals surface area (Å²) in [6.07, 6.45) is 1.74. The highest BCUT2D eigenvalue weighted by Gasteiger charge is 2.39. The molecular weight excluding hydrogens is 234 g/mol. The molecule has 1 heterocycles. The number of nitrogens with zero attached hydrogens (tertiary/aromatic N) is 1. The Kier molecular flexibility index (Phi) is 3.08. The summed E-state index contributed by atoms with van der Waals surface area (Å²) in [7, 11) is 0. The van der Waals surface area contributed by atoms with Gasteiger partial charge < -0.3 is 4.84 Å². The minimum atomic E-state index is -0.299. The third-order valence-electron chi connectivity index (χ3n) is 3.76. The minimum Gasteiger partial charge on any atom is -0.384 e. The van der Waals surface area contributed by atoms with Gasteiger partial charge in [-0.25, -0.2) is 0 Å². The lowest BCUT2D eigenvalue weighted by atomic mass is 9.85. The molecule has 0 aromatic heterocycles. The standard InChI is InChI=1S/C17H17NO/c1-2-17(15-11-7-4-8-12-15)13-16(18-19-17)14-9-5-3-6-10-14/h3-12H,2,13H2,1H3/t17-/m0/s1. The summed E-state index contributed by atoms with van der Waals surface area (Å²) in [5, 5.41) is 4.32. The molecule has 0 aliphatic carbocycles. The van der Waals surface area contributed by atoms with Crippen LogP contribution >= 0.6 is 0 Å². The summed E-state index contributed by atoms with van der Waals surface area (Å²) in [6.45, 7) is 2.15. The smallest absolute Gasteiger partial charge is 0.168 e. The topological polar surface area (TPSA) is 21.6 Å². The van der Waals surface area contributed by atoms with Crippen molar-refractivity contribution in [3.63, 3.8) is 0 Å². The number of benzene rings is 2. The number of hydrogen-bond donors (Lipinski definition) is 0. The minimum absolute atomic E-state index is 0.299. The van der Waals surface area contributed by atoms with Crippen LogP contribution in [0.1, 0.15) is 30.9 Å². The summed E-state index contributed by atoms with van der Waals surface area (Å²) in [5.41, 5.74) is 3.08. The first-order valence-corrected chi connectivity index (χ1v) is 6.70. The molecule has 3 rings (SSSR count). The molecule has 2 heteroatoms. The highest BCUT2D eigenvalue weighted by atomic mass is 16.7. The van der Waals surface area contributed by atoms with Crippen LogP contribution < -0.4 is 0 Å². The summed E-state index contributed by atoms with van der Waals surface area (Å²) in [6, 6.07) is 20.6. The number of hydrogen-bond acceptors (Lipinski definition) is 2. The van der Waals surface area contributed by atoms with E-state index < -0.39 is 0 Å². The first-order chi connectivity index (χ1) is 9.34. The Labute approximate surface area is 113 Å². The SMILES string of the molecule is CC[C@@]1(c2ccccc2)CC(c2ccccc2)=NO1. The molecule has 0 spiro atoms. The van der Waals surface area contributed by atoms with Crippen LogP contribution in [0.5, 0.6) is 0 Å². The molecule has 2 nitrogen and oxygen atoms in total. The van der Waals surface area contributed by atoms with E-state index in [2.05, 4.69) is 48.5 Å². The van der Waals surface area contributed by atoms with Gasteiger partial charge in [0.25, 0.3) is 0 Å². The molecule has 0 unspecified atom stereocenters. The lowest BCUT2D eigenvalue weighted by Crippen LogP contribution is -2.25. The predicted octanol–water partition coefficient (Wildman–Crippen LogP) is 4.12. The van der Waals surface area contributed by atoms with E-state index in [0.717, 1.165) is 24.1 Å².